The monoisotopic (exact) mass is 313 g/mol. The first-order chi connectivity index (χ1) is 11.2. The van der Waals surface area contributed by atoms with Gasteiger partial charge >= 0.3 is 0 Å². The molecule has 0 radical (unpaired) electrons. The van der Waals surface area contributed by atoms with Crippen molar-refractivity contribution < 1.29 is 4.39 Å². The lowest BCUT2D eigenvalue weighted by atomic mass is 10.2. The zero-order valence-electron chi connectivity index (χ0n) is 12.4. The van der Waals surface area contributed by atoms with Crippen molar-refractivity contribution in [1.82, 2.24) is 19.9 Å². The van der Waals surface area contributed by atoms with Gasteiger partial charge in [-0.15, -0.1) is 0 Å². The molecule has 0 bridgehead atoms. The third-order valence-electron chi connectivity index (χ3n) is 4.05. The van der Waals surface area contributed by atoms with Gasteiger partial charge in [-0.05, 0) is 24.3 Å². The molecule has 2 aromatic heterocycles. The molecule has 1 fully saturated rings. The van der Waals surface area contributed by atoms with Crippen LogP contribution < -0.4 is 15.5 Å². The van der Waals surface area contributed by atoms with Gasteiger partial charge in [-0.3, -0.25) is 0 Å². The topological polar surface area (TPSA) is 87.0 Å². The van der Waals surface area contributed by atoms with Gasteiger partial charge in [-0.2, -0.15) is 9.97 Å². The first-order valence-electron chi connectivity index (χ1n) is 7.43. The van der Waals surface area contributed by atoms with E-state index in [1.165, 1.54) is 12.1 Å². The van der Waals surface area contributed by atoms with E-state index in [-0.39, 0.29) is 11.8 Å². The predicted octanol–water partition coefficient (Wildman–Crippen LogP) is 1.40. The Hall–Kier alpha value is -2.90. The maximum atomic E-state index is 13.0. The molecule has 0 atom stereocenters. The number of nitrogens with two attached hydrogens (primary N) is 1. The van der Waals surface area contributed by atoms with Crippen molar-refractivity contribution >= 4 is 28.6 Å². The van der Waals surface area contributed by atoms with E-state index in [0.717, 1.165) is 43.2 Å². The summed E-state index contributed by atoms with van der Waals surface area (Å²) in [5.41, 5.74) is 8.18. The van der Waals surface area contributed by atoms with Gasteiger partial charge in [0.15, 0.2) is 11.5 Å². The number of H-pyrrole nitrogens is 1. The number of hydrogen-bond donors (Lipinski definition) is 2. The van der Waals surface area contributed by atoms with Gasteiger partial charge in [0.25, 0.3) is 0 Å². The zero-order chi connectivity index (χ0) is 15.8. The van der Waals surface area contributed by atoms with Gasteiger partial charge in [-0.1, -0.05) is 0 Å². The highest BCUT2D eigenvalue weighted by Crippen LogP contribution is 2.24. The Morgan fingerprint density at radius 2 is 1.70 bits per heavy atom. The number of imidazole rings is 1. The lowest BCUT2D eigenvalue weighted by Gasteiger charge is -2.36. The highest BCUT2D eigenvalue weighted by atomic mass is 19.1. The third kappa shape index (κ3) is 2.52. The molecule has 0 saturated carbocycles. The van der Waals surface area contributed by atoms with Crippen LogP contribution in [0.5, 0.6) is 0 Å². The van der Waals surface area contributed by atoms with Crippen LogP contribution in [0, 0.1) is 5.82 Å². The van der Waals surface area contributed by atoms with Gasteiger partial charge < -0.3 is 20.5 Å². The van der Waals surface area contributed by atoms with Crippen LogP contribution in [0.15, 0.2) is 30.6 Å². The van der Waals surface area contributed by atoms with Crippen LogP contribution in [0.1, 0.15) is 0 Å². The lowest BCUT2D eigenvalue weighted by molar-refractivity contribution is 0.624. The van der Waals surface area contributed by atoms with Crippen LogP contribution >= 0.6 is 0 Å². The molecular weight excluding hydrogens is 297 g/mol. The molecule has 7 nitrogen and oxygen atoms in total. The summed E-state index contributed by atoms with van der Waals surface area (Å²) in [6.45, 7) is 3.24. The summed E-state index contributed by atoms with van der Waals surface area (Å²) in [7, 11) is 0. The van der Waals surface area contributed by atoms with Gasteiger partial charge in [0, 0.05) is 31.9 Å². The summed E-state index contributed by atoms with van der Waals surface area (Å²) >= 11 is 0. The molecule has 4 rings (SSSR count). The SMILES string of the molecule is Nc1nc(N2CCN(c3ccc(F)cc3)CC2)c2[nH]cnc2n1. The highest BCUT2D eigenvalue weighted by Gasteiger charge is 2.21. The van der Waals surface area contributed by atoms with Crippen molar-refractivity contribution in [2.24, 2.45) is 0 Å². The van der Waals surface area contributed by atoms with Crippen LogP contribution in [0.3, 0.4) is 0 Å². The number of aromatic amines is 1. The van der Waals surface area contributed by atoms with Crippen molar-refractivity contribution in [2.75, 3.05) is 41.7 Å². The van der Waals surface area contributed by atoms with Crippen molar-refractivity contribution in [3.05, 3.63) is 36.4 Å². The average molecular weight is 313 g/mol. The number of aromatic nitrogens is 4. The molecule has 0 unspecified atom stereocenters. The Kier molecular flexibility index (Phi) is 3.22. The number of piperazine rings is 1. The van der Waals surface area contributed by atoms with E-state index in [9.17, 15) is 4.39 Å². The first kappa shape index (κ1) is 13.7. The van der Waals surface area contributed by atoms with E-state index in [0.29, 0.717) is 5.65 Å². The molecule has 23 heavy (non-hydrogen) atoms. The standard InChI is InChI=1S/C15H16FN7/c16-10-1-3-11(4-2-10)22-5-7-23(8-6-22)14-12-13(19-9-18-12)20-15(17)21-14/h1-4,9H,5-8H2,(H3,17,18,19,20,21). The van der Waals surface area contributed by atoms with E-state index < -0.39 is 0 Å². The lowest BCUT2D eigenvalue weighted by Crippen LogP contribution is -2.47. The molecule has 1 aliphatic heterocycles. The number of benzene rings is 1. The molecule has 8 heteroatoms. The number of hydrogen-bond acceptors (Lipinski definition) is 6. The maximum absolute atomic E-state index is 13.0. The second-order valence-electron chi connectivity index (χ2n) is 5.46. The van der Waals surface area contributed by atoms with Gasteiger partial charge in [0.2, 0.25) is 5.95 Å². The van der Waals surface area contributed by atoms with E-state index in [4.69, 9.17) is 5.73 Å². The largest absolute Gasteiger partial charge is 0.368 e. The Balaban J connectivity index is 1.55. The minimum Gasteiger partial charge on any atom is -0.368 e. The van der Waals surface area contributed by atoms with Crippen LogP contribution in [0.2, 0.25) is 0 Å². The van der Waals surface area contributed by atoms with Crippen molar-refractivity contribution in [1.29, 1.82) is 0 Å². The van der Waals surface area contributed by atoms with Crippen LogP contribution in [-0.4, -0.2) is 46.1 Å². The molecule has 3 heterocycles. The summed E-state index contributed by atoms with van der Waals surface area (Å²) in [4.78, 5) is 20.1. The fourth-order valence-corrected chi connectivity index (χ4v) is 2.89. The Morgan fingerprint density at radius 3 is 2.43 bits per heavy atom. The van der Waals surface area contributed by atoms with E-state index in [1.54, 1.807) is 18.5 Å². The predicted molar refractivity (Wildman–Crippen MR) is 86.9 cm³/mol. The average Bonchev–Trinajstić information content (AvgIpc) is 3.03. The first-order valence-corrected chi connectivity index (χ1v) is 7.43. The summed E-state index contributed by atoms with van der Waals surface area (Å²) in [6.07, 6.45) is 1.59. The Morgan fingerprint density at radius 1 is 1.00 bits per heavy atom. The number of halogens is 1. The molecular formula is C15H16FN7. The normalized spacial score (nSPS) is 15.3. The number of nitrogens with zero attached hydrogens (tertiary/aromatic N) is 5. The number of nitrogens with one attached hydrogen (secondary N) is 1. The Labute approximate surface area is 132 Å². The number of rotatable bonds is 2. The van der Waals surface area contributed by atoms with Crippen LogP contribution in [0.4, 0.5) is 21.8 Å². The molecule has 0 amide bonds. The molecule has 1 aliphatic rings. The molecule has 1 aromatic carbocycles. The fourth-order valence-electron chi connectivity index (χ4n) is 2.89. The number of anilines is 3. The van der Waals surface area contributed by atoms with E-state index in [1.807, 2.05) is 0 Å². The second kappa shape index (κ2) is 5.38. The quantitative estimate of drug-likeness (QED) is 0.744. The highest BCUT2D eigenvalue weighted by molar-refractivity contribution is 5.84. The smallest absolute Gasteiger partial charge is 0.224 e. The van der Waals surface area contributed by atoms with Crippen molar-refractivity contribution in [2.45, 2.75) is 0 Å². The molecule has 3 N–H and O–H groups in total. The van der Waals surface area contributed by atoms with Gasteiger partial charge in [0.05, 0.1) is 6.33 Å². The third-order valence-corrected chi connectivity index (χ3v) is 4.05. The molecule has 3 aromatic rings. The summed E-state index contributed by atoms with van der Waals surface area (Å²) in [6, 6.07) is 6.59. The van der Waals surface area contributed by atoms with Crippen molar-refractivity contribution in [3.8, 4) is 0 Å². The summed E-state index contributed by atoms with van der Waals surface area (Å²) in [5, 5.41) is 0. The molecule has 0 aliphatic carbocycles. The van der Waals surface area contributed by atoms with Crippen LogP contribution in [0.25, 0.3) is 11.2 Å². The maximum Gasteiger partial charge on any atom is 0.224 e. The molecule has 118 valence electrons. The molecule has 1 saturated heterocycles. The van der Waals surface area contributed by atoms with Crippen LogP contribution in [-0.2, 0) is 0 Å². The summed E-state index contributed by atoms with van der Waals surface area (Å²) in [5.74, 6) is 0.787. The van der Waals surface area contributed by atoms with E-state index >= 15 is 0 Å². The minimum atomic E-state index is -0.217. The van der Waals surface area contributed by atoms with Gasteiger partial charge in [-0.25, -0.2) is 9.37 Å². The number of nitrogen functional groups attached to an aromatic ring is 1. The number of fused-ring (bicyclic) bond motifs is 1. The van der Waals surface area contributed by atoms with E-state index in [2.05, 4.69) is 29.7 Å². The molecule has 0 spiro atoms. The second-order valence-corrected chi connectivity index (χ2v) is 5.46. The fraction of sp³-hybridized carbons (Fsp3) is 0.267. The minimum absolute atomic E-state index is 0.217. The van der Waals surface area contributed by atoms with Crippen molar-refractivity contribution in [3.63, 3.8) is 0 Å². The van der Waals surface area contributed by atoms with Gasteiger partial charge in [0.1, 0.15) is 11.3 Å². The summed E-state index contributed by atoms with van der Waals surface area (Å²) < 4.78 is 13.0. The Bertz CT molecular complexity index is 821. The zero-order valence-corrected chi connectivity index (χ0v) is 12.4.